The summed E-state index contributed by atoms with van der Waals surface area (Å²) < 4.78 is 46.7. The van der Waals surface area contributed by atoms with Crippen LogP contribution in [0, 0.1) is 0 Å². The van der Waals surface area contributed by atoms with Crippen LogP contribution in [0.1, 0.15) is 37.4 Å². The fourth-order valence-corrected chi connectivity index (χ4v) is 3.87. The van der Waals surface area contributed by atoms with Crippen LogP contribution in [0.5, 0.6) is 0 Å². The van der Waals surface area contributed by atoms with E-state index in [9.17, 15) is 18.0 Å². The van der Waals surface area contributed by atoms with Crippen LogP contribution in [0.3, 0.4) is 0 Å². The van der Waals surface area contributed by atoms with E-state index in [4.69, 9.17) is 4.74 Å². The third-order valence-electron chi connectivity index (χ3n) is 5.41. The van der Waals surface area contributed by atoms with Crippen molar-refractivity contribution < 1.29 is 22.7 Å². The van der Waals surface area contributed by atoms with Gasteiger partial charge in [-0.25, -0.2) is 0 Å². The van der Waals surface area contributed by atoms with Gasteiger partial charge in [-0.3, -0.25) is 9.69 Å². The minimum absolute atomic E-state index is 0.0254. The molecule has 0 spiro atoms. The number of alkyl halides is 3. The topological polar surface area (TPSA) is 53.6 Å². The molecule has 1 aromatic rings. The van der Waals surface area contributed by atoms with Gasteiger partial charge in [-0.2, -0.15) is 13.2 Å². The number of ether oxygens (including phenoxy) is 1. The Hall–Kier alpha value is -1.64. The maximum absolute atomic E-state index is 13.6. The van der Waals surface area contributed by atoms with Crippen LogP contribution >= 0.6 is 0 Å². The molecule has 0 bridgehead atoms. The Morgan fingerprint density at radius 3 is 2.43 bits per heavy atom. The van der Waals surface area contributed by atoms with Gasteiger partial charge in [0.15, 0.2) is 6.10 Å². The van der Waals surface area contributed by atoms with Crippen LogP contribution in [-0.4, -0.2) is 61.9 Å². The van der Waals surface area contributed by atoms with Crippen molar-refractivity contribution in [1.82, 2.24) is 15.5 Å². The number of hydrogen-bond acceptors (Lipinski definition) is 4. The second-order valence-electron chi connectivity index (χ2n) is 7.42. The fourth-order valence-electron chi connectivity index (χ4n) is 3.87. The molecule has 2 aliphatic rings. The van der Waals surface area contributed by atoms with Crippen molar-refractivity contribution in [2.75, 3.05) is 32.7 Å². The van der Waals surface area contributed by atoms with Crippen molar-refractivity contribution in [3.8, 4) is 0 Å². The van der Waals surface area contributed by atoms with Crippen LogP contribution in [0.25, 0.3) is 0 Å². The zero-order valence-corrected chi connectivity index (χ0v) is 15.9. The average molecular weight is 399 g/mol. The van der Waals surface area contributed by atoms with Crippen molar-refractivity contribution in [1.29, 1.82) is 0 Å². The summed E-state index contributed by atoms with van der Waals surface area (Å²) in [6, 6.07) is 7.28. The van der Waals surface area contributed by atoms with Gasteiger partial charge in [-0.15, -0.1) is 0 Å². The van der Waals surface area contributed by atoms with E-state index in [0.717, 1.165) is 25.7 Å². The summed E-state index contributed by atoms with van der Waals surface area (Å²) in [5, 5.41) is 5.56. The fraction of sp³-hybridized carbons (Fsp3) is 0.650. The van der Waals surface area contributed by atoms with Gasteiger partial charge in [0.05, 0.1) is 6.10 Å². The van der Waals surface area contributed by atoms with Gasteiger partial charge < -0.3 is 15.4 Å². The minimum Gasteiger partial charge on any atom is -0.360 e. The summed E-state index contributed by atoms with van der Waals surface area (Å²) in [7, 11) is 0. The molecule has 1 amide bonds. The van der Waals surface area contributed by atoms with Gasteiger partial charge in [0, 0.05) is 32.7 Å². The molecule has 0 aromatic heterocycles. The maximum Gasteiger partial charge on any atom is 0.405 e. The number of piperazine rings is 1. The molecule has 156 valence electrons. The molecule has 1 aliphatic carbocycles. The van der Waals surface area contributed by atoms with Crippen LogP contribution in [0.4, 0.5) is 13.2 Å². The molecule has 8 heteroatoms. The number of nitrogens with one attached hydrogen (secondary N) is 2. The molecule has 5 nitrogen and oxygen atoms in total. The number of carbonyl (C=O) groups excluding carboxylic acids is 1. The Bertz CT molecular complexity index is 615. The largest absolute Gasteiger partial charge is 0.405 e. The van der Waals surface area contributed by atoms with Gasteiger partial charge >= 0.3 is 6.18 Å². The monoisotopic (exact) mass is 399 g/mol. The lowest BCUT2D eigenvalue weighted by Gasteiger charge is -2.36. The van der Waals surface area contributed by atoms with Gasteiger partial charge in [-0.05, 0) is 18.4 Å². The first-order chi connectivity index (χ1) is 13.4. The number of hydrogen-bond donors (Lipinski definition) is 2. The number of halogens is 3. The number of rotatable bonds is 7. The third kappa shape index (κ3) is 5.68. The van der Waals surface area contributed by atoms with Crippen molar-refractivity contribution in [2.45, 2.75) is 50.1 Å². The molecule has 2 unspecified atom stereocenters. The SMILES string of the molecule is O=C(NCC(N1CCNCC1)C(F)(F)F)C(OC1CCCC1)c1ccccc1. The minimum atomic E-state index is -4.40. The summed E-state index contributed by atoms with van der Waals surface area (Å²) in [4.78, 5) is 14.2. The lowest BCUT2D eigenvalue weighted by Crippen LogP contribution is -2.57. The Kier molecular flexibility index (Phi) is 7.31. The number of carbonyl (C=O) groups is 1. The first-order valence-electron chi connectivity index (χ1n) is 9.95. The third-order valence-corrected chi connectivity index (χ3v) is 5.41. The molecule has 28 heavy (non-hydrogen) atoms. The first kappa shape index (κ1) is 21.1. The quantitative estimate of drug-likeness (QED) is 0.740. The van der Waals surface area contributed by atoms with E-state index in [1.165, 1.54) is 4.90 Å². The van der Waals surface area contributed by atoms with Crippen LogP contribution in [0.2, 0.25) is 0 Å². The molecular formula is C20H28F3N3O2. The smallest absolute Gasteiger partial charge is 0.360 e. The van der Waals surface area contributed by atoms with E-state index in [0.29, 0.717) is 31.7 Å². The van der Waals surface area contributed by atoms with Crippen LogP contribution < -0.4 is 10.6 Å². The molecule has 2 fully saturated rings. The number of benzene rings is 1. The van der Waals surface area contributed by atoms with Gasteiger partial charge in [-0.1, -0.05) is 43.2 Å². The highest BCUT2D eigenvalue weighted by molar-refractivity contribution is 5.82. The number of nitrogens with zero attached hydrogens (tertiary/aromatic N) is 1. The predicted octanol–water partition coefficient (Wildman–Crippen LogP) is 2.64. The second kappa shape index (κ2) is 9.71. The maximum atomic E-state index is 13.6. The molecule has 2 atom stereocenters. The van der Waals surface area contributed by atoms with Crippen LogP contribution in [0.15, 0.2) is 30.3 Å². The highest BCUT2D eigenvalue weighted by Gasteiger charge is 2.44. The van der Waals surface area contributed by atoms with E-state index in [2.05, 4.69) is 10.6 Å². The molecule has 1 saturated carbocycles. The molecule has 2 N–H and O–H groups in total. The zero-order chi connectivity index (χ0) is 20.0. The van der Waals surface area contributed by atoms with Crippen LogP contribution in [-0.2, 0) is 9.53 Å². The summed E-state index contributed by atoms with van der Waals surface area (Å²) in [6.07, 6.45) is -1.46. The lowest BCUT2D eigenvalue weighted by molar-refractivity contribution is -0.184. The van der Waals surface area contributed by atoms with E-state index in [1.807, 2.05) is 6.07 Å². The van der Waals surface area contributed by atoms with E-state index >= 15 is 0 Å². The first-order valence-corrected chi connectivity index (χ1v) is 9.95. The van der Waals surface area contributed by atoms with E-state index < -0.39 is 30.8 Å². The van der Waals surface area contributed by atoms with Gasteiger partial charge in [0.1, 0.15) is 6.04 Å². The molecule has 0 radical (unpaired) electrons. The molecule has 1 aromatic carbocycles. The highest BCUT2D eigenvalue weighted by Crippen LogP contribution is 2.29. The standard InChI is InChI=1S/C20H28F3N3O2/c21-20(22,23)17(26-12-10-24-11-13-26)14-25-19(27)18(15-6-2-1-3-7-15)28-16-8-4-5-9-16/h1-3,6-7,16-18,24H,4-5,8-14H2,(H,25,27). The Labute approximate surface area is 163 Å². The van der Waals surface area contributed by atoms with E-state index in [-0.39, 0.29) is 6.10 Å². The molecule has 1 heterocycles. The van der Waals surface area contributed by atoms with Crippen molar-refractivity contribution in [3.63, 3.8) is 0 Å². The summed E-state index contributed by atoms with van der Waals surface area (Å²) in [5.41, 5.74) is 0.664. The lowest BCUT2D eigenvalue weighted by atomic mass is 10.1. The van der Waals surface area contributed by atoms with Crippen molar-refractivity contribution >= 4 is 5.91 Å². The van der Waals surface area contributed by atoms with Crippen molar-refractivity contribution in [3.05, 3.63) is 35.9 Å². The second-order valence-corrected chi connectivity index (χ2v) is 7.42. The Balaban J connectivity index is 1.67. The Morgan fingerprint density at radius 1 is 1.18 bits per heavy atom. The Morgan fingerprint density at radius 2 is 1.82 bits per heavy atom. The zero-order valence-electron chi connectivity index (χ0n) is 15.9. The normalized spacial score (nSPS) is 21.4. The van der Waals surface area contributed by atoms with E-state index in [1.54, 1.807) is 24.3 Å². The number of amides is 1. The molecule has 3 rings (SSSR count). The predicted molar refractivity (Wildman–Crippen MR) is 99.8 cm³/mol. The van der Waals surface area contributed by atoms with Gasteiger partial charge in [0.2, 0.25) is 0 Å². The highest BCUT2D eigenvalue weighted by atomic mass is 19.4. The average Bonchev–Trinajstić information content (AvgIpc) is 3.20. The van der Waals surface area contributed by atoms with Crippen molar-refractivity contribution in [2.24, 2.45) is 0 Å². The summed E-state index contributed by atoms with van der Waals surface area (Å²) >= 11 is 0. The summed E-state index contributed by atoms with van der Waals surface area (Å²) in [6.45, 7) is 1.16. The molecular weight excluding hydrogens is 371 g/mol. The van der Waals surface area contributed by atoms with Gasteiger partial charge in [0.25, 0.3) is 5.91 Å². The summed E-state index contributed by atoms with van der Waals surface area (Å²) in [5.74, 6) is -0.512. The molecule has 1 saturated heterocycles. The molecule has 1 aliphatic heterocycles.